The molecule has 0 bridgehead atoms. The monoisotopic (exact) mass is 313 g/mol. The van der Waals surface area contributed by atoms with E-state index in [4.69, 9.17) is 9.47 Å². The summed E-state index contributed by atoms with van der Waals surface area (Å²) >= 11 is 0. The Morgan fingerprint density at radius 1 is 1.30 bits per heavy atom. The number of nitrogens with zero attached hydrogens (tertiary/aromatic N) is 1. The van der Waals surface area contributed by atoms with Crippen molar-refractivity contribution in [2.24, 2.45) is 5.92 Å². The second kappa shape index (κ2) is 5.61. The van der Waals surface area contributed by atoms with Gasteiger partial charge in [0.05, 0.1) is 0 Å². The quantitative estimate of drug-likeness (QED) is 0.909. The summed E-state index contributed by atoms with van der Waals surface area (Å²) < 4.78 is 11.1. The molecule has 1 fully saturated rings. The van der Waals surface area contributed by atoms with Crippen LogP contribution in [0.1, 0.15) is 30.5 Å². The van der Waals surface area contributed by atoms with Crippen LogP contribution in [0.3, 0.4) is 0 Å². The molecule has 6 heteroatoms. The van der Waals surface area contributed by atoms with Crippen molar-refractivity contribution >= 4 is 11.7 Å². The molecular weight excluding hydrogens is 294 g/mol. The normalized spacial score (nSPS) is 21.8. The number of fused-ring (bicyclic) bond motifs is 1. The summed E-state index contributed by atoms with van der Waals surface area (Å²) in [4.78, 5) is 12.3. The molecule has 0 unspecified atom stereocenters. The van der Waals surface area contributed by atoms with Crippen LogP contribution >= 0.6 is 0 Å². The third-order valence-corrected chi connectivity index (χ3v) is 4.38. The third kappa shape index (κ3) is 2.76. The van der Waals surface area contributed by atoms with Gasteiger partial charge in [-0.05, 0) is 36.5 Å². The van der Waals surface area contributed by atoms with Gasteiger partial charge >= 0.3 is 0 Å². The van der Waals surface area contributed by atoms with Crippen molar-refractivity contribution in [3.05, 3.63) is 35.5 Å². The predicted octanol–water partition coefficient (Wildman–Crippen LogP) is 2.49. The fourth-order valence-electron chi connectivity index (χ4n) is 2.97. The van der Waals surface area contributed by atoms with Gasteiger partial charge in [0.25, 0.3) is 0 Å². The first-order valence-corrected chi connectivity index (χ1v) is 7.99. The van der Waals surface area contributed by atoms with Crippen LogP contribution in [0.2, 0.25) is 0 Å². The van der Waals surface area contributed by atoms with Gasteiger partial charge in [-0.25, -0.2) is 0 Å². The van der Waals surface area contributed by atoms with Crippen LogP contribution in [-0.2, 0) is 11.2 Å². The molecule has 1 saturated carbocycles. The van der Waals surface area contributed by atoms with Crippen LogP contribution in [-0.4, -0.2) is 29.3 Å². The highest BCUT2D eigenvalue weighted by Gasteiger charge is 2.44. The van der Waals surface area contributed by atoms with Crippen LogP contribution in [0.4, 0.5) is 5.82 Å². The van der Waals surface area contributed by atoms with E-state index < -0.39 is 0 Å². The van der Waals surface area contributed by atoms with Crippen LogP contribution in [0, 0.1) is 5.92 Å². The SMILES string of the molecule is CCc1cc(NC(=O)[C@H]2C[C@H]2c2ccc3c(c2)OCCO3)n[nH]1. The van der Waals surface area contributed by atoms with E-state index in [0.29, 0.717) is 19.0 Å². The minimum absolute atomic E-state index is 0.000615. The molecule has 120 valence electrons. The van der Waals surface area contributed by atoms with Crippen LogP contribution in [0.5, 0.6) is 11.5 Å². The highest BCUT2D eigenvalue weighted by Crippen LogP contribution is 2.49. The minimum atomic E-state index is -0.000615. The zero-order valence-corrected chi connectivity index (χ0v) is 13.0. The fourth-order valence-corrected chi connectivity index (χ4v) is 2.97. The molecule has 23 heavy (non-hydrogen) atoms. The van der Waals surface area contributed by atoms with Gasteiger partial charge in [0, 0.05) is 17.7 Å². The number of amides is 1. The zero-order chi connectivity index (χ0) is 15.8. The van der Waals surface area contributed by atoms with E-state index in [1.807, 2.05) is 31.2 Å². The van der Waals surface area contributed by atoms with Crippen LogP contribution < -0.4 is 14.8 Å². The highest BCUT2D eigenvalue weighted by molar-refractivity contribution is 5.94. The molecule has 2 aliphatic rings. The second-order valence-electron chi connectivity index (χ2n) is 5.97. The molecule has 6 nitrogen and oxygen atoms in total. The molecule has 0 spiro atoms. The minimum Gasteiger partial charge on any atom is -0.486 e. The number of anilines is 1. The Balaban J connectivity index is 1.42. The number of H-pyrrole nitrogens is 1. The Morgan fingerprint density at radius 3 is 2.91 bits per heavy atom. The average molecular weight is 313 g/mol. The molecule has 1 aromatic heterocycles. The molecule has 0 saturated heterocycles. The van der Waals surface area contributed by atoms with Crippen molar-refractivity contribution in [3.63, 3.8) is 0 Å². The first-order valence-electron chi connectivity index (χ1n) is 7.99. The smallest absolute Gasteiger partial charge is 0.229 e. The lowest BCUT2D eigenvalue weighted by molar-refractivity contribution is -0.117. The van der Waals surface area contributed by atoms with E-state index >= 15 is 0 Å². The van der Waals surface area contributed by atoms with Crippen molar-refractivity contribution in [3.8, 4) is 11.5 Å². The maximum absolute atomic E-state index is 12.3. The van der Waals surface area contributed by atoms with Crippen molar-refractivity contribution in [1.82, 2.24) is 10.2 Å². The number of carbonyl (C=O) groups is 1. The molecule has 1 aromatic carbocycles. The molecule has 4 rings (SSSR count). The van der Waals surface area contributed by atoms with Gasteiger partial charge < -0.3 is 14.8 Å². The van der Waals surface area contributed by atoms with E-state index in [1.54, 1.807) is 0 Å². The van der Waals surface area contributed by atoms with E-state index in [0.717, 1.165) is 35.6 Å². The fraction of sp³-hybridized carbons (Fsp3) is 0.412. The molecule has 2 N–H and O–H groups in total. The number of carbonyl (C=O) groups excluding carboxylic acids is 1. The van der Waals surface area contributed by atoms with Crippen LogP contribution in [0.25, 0.3) is 0 Å². The topological polar surface area (TPSA) is 76.2 Å². The van der Waals surface area contributed by atoms with E-state index in [-0.39, 0.29) is 17.7 Å². The van der Waals surface area contributed by atoms with Gasteiger partial charge in [-0.1, -0.05) is 13.0 Å². The molecule has 1 amide bonds. The maximum Gasteiger partial charge on any atom is 0.229 e. The summed E-state index contributed by atoms with van der Waals surface area (Å²) in [5.74, 6) is 2.43. The Kier molecular flexibility index (Phi) is 3.44. The Morgan fingerprint density at radius 2 is 2.13 bits per heavy atom. The number of nitrogens with one attached hydrogen (secondary N) is 2. The second-order valence-corrected chi connectivity index (χ2v) is 5.97. The van der Waals surface area contributed by atoms with Gasteiger partial charge in [-0.3, -0.25) is 9.89 Å². The lowest BCUT2D eigenvalue weighted by atomic mass is 10.1. The number of hydrogen-bond acceptors (Lipinski definition) is 4. The van der Waals surface area contributed by atoms with Gasteiger partial charge in [-0.15, -0.1) is 0 Å². The van der Waals surface area contributed by atoms with Gasteiger partial charge in [0.1, 0.15) is 13.2 Å². The zero-order valence-electron chi connectivity index (χ0n) is 13.0. The Bertz CT molecular complexity index is 740. The number of rotatable bonds is 4. The summed E-state index contributed by atoms with van der Waals surface area (Å²) in [6.07, 6.45) is 1.72. The van der Waals surface area contributed by atoms with Crippen molar-refractivity contribution in [1.29, 1.82) is 0 Å². The molecule has 2 atom stereocenters. The first kappa shape index (κ1) is 14.1. The molecule has 2 aromatic rings. The molecule has 0 radical (unpaired) electrons. The molecule has 1 aliphatic carbocycles. The van der Waals surface area contributed by atoms with Crippen LogP contribution in [0.15, 0.2) is 24.3 Å². The average Bonchev–Trinajstić information content (AvgIpc) is 3.27. The van der Waals surface area contributed by atoms with Crippen molar-refractivity contribution in [2.75, 3.05) is 18.5 Å². The number of ether oxygens (including phenoxy) is 2. The third-order valence-electron chi connectivity index (χ3n) is 4.38. The van der Waals surface area contributed by atoms with Gasteiger partial charge in [0.2, 0.25) is 5.91 Å². The number of aryl methyl sites for hydroxylation is 1. The summed E-state index contributed by atoms with van der Waals surface area (Å²) in [6, 6.07) is 7.82. The largest absolute Gasteiger partial charge is 0.486 e. The van der Waals surface area contributed by atoms with Crippen molar-refractivity contribution < 1.29 is 14.3 Å². The van der Waals surface area contributed by atoms with E-state index in [9.17, 15) is 4.79 Å². The van der Waals surface area contributed by atoms with Gasteiger partial charge in [-0.2, -0.15) is 5.10 Å². The molecule has 2 heterocycles. The Labute approximate surface area is 134 Å². The molecule has 1 aliphatic heterocycles. The van der Waals surface area contributed by atoms with E-state index in [1.165, 1.54) is 0 Å². The summed E-state index contributed by atoms with van der Waals surface area (Å²) in [7, 11) is 0. The Hall–Kier alpha value is -2.50. The number of benzene rings is 1. The van der Waals surface area contributed by atoms with E-state index in [2.05, 4.69) is 15.5 Å². The van der Waals surface area contributed by atoms with Crippen molar-refractivity contribution in [2.45, 2.75) is 25.7 Å². The summed E-state index contributed by atoms with van der Waals surface area (Å²) in [5, 5.41) is 9.88. The maximum atomic E-state index is 12.3. The van der Waals surface area contributed by atoms with Gasteiger partial charge in [0.15, 0.2) is 17.3 Å². The highest BCUT2D eigenvalue weighted by atomic mass is 16.6. The summed E-state index contributed by atoms with van der Waals surface area (Å²) in [6.45, 7) is 3.20. The number of hydrogen-bond donors (Lipinski definition) is 2. The molecular formula is C17H19N3O3. The first-order chi connectivity index (χ1) is 11.2. The standard InChI is InChI=1S/C17H19N3O3/c1-2-11-8-16(20-19-11)18-17(21)13-9-12(13)10-3-4-14-15(7-10)23-6-5-22-14/h3-4,7-8,12-13H,2,5-6,9H2,1H3,(H2,18,19,20,21)/t12-,13-/m0/s1. The number of aromatic amines is 1. The summed E-state index contributed by atoms with van der Waals surface area (Å²) in [5.41, 5.74) is 2.14. The number of aromatic nitrogens is 2. The predicted molar refractivity (Wildman–Crippen MR) is 84.9 cm³/mol. The lowest BCUT2D eigenvalue weighted by Gasteiger charge is -2.18. The lowest BCUT2D eigenvalue weighted by Crippen LogP contribution is -2.16.